The monoisotopic (exact) mass is 316 g/mol. The van der Waals surface area contributed by atoms with Crippen LogP contribution in [0.2, 0.25) is 0 Å². The van der Waals surface area contributed by atoms with E-state index in [0.717, 1.165) is 6.42 Å². The highest BCUT2D eigenvalue weighted by Crippen LogP contribution is 2.13. The number of aryl methyl sites for hydroxylation is 1. The molecule has 1 saturated heterocycles. The number of amides is 1. The number of hydrogen-bond donors (Lipinski definition) is 2. The zero-order valence-corrected chi connectivity index (χ0v) is 13.0. The van der Waals surface area contributed by atoms with Crippen LogP contribution in [-0.4, -0.2) is 50.7 Å². The van der Waals surface area contributed by atoms with E-state index in [1.165, 1.54) is 6.33 Å². The predicted octanol–water partition coefficient (Wildman–Crippen LogP) is 0.692. The van der Waals surface area contributed by atoms with Crippen LogP contribution in [0.15, 0.2) is 31.0 Å². The summed E-state index contributed by atoms with van der Waals surface area (Å²) in [6.07, 6.45) is 7.33. The maximum atomic E-state index is 12.5. The van der Waals surface area contributed by atoms with Gasteiger partial charge in [0.15, 0.2) is 5.82 Å². The highest BCUT2D eigenvalue weighted by Gasteiger charge is 2.28. The normalized spacial score (nSPS) is 20.9. The number of aromatic nitrogens is 4. The minimum atomic E-state index is -0.168. The quantitative estimate of drug-likeness (QED) is 0.843. The maximum Gasteiger partial charge on any atom is 0.287 e. The Morgan fingerprint density at radius 3 is 3.09 bits per heavy atom. The molecule has 1 amide bonds. The highest BCUT2D eigenvalue weighted by molar-refractivity contribution is 5.91. The number of anilines is 1. The van der Waals surface area contributed by atoms with Crippen LogP contribution in [0.3, 0.4) is 0 Å². The Labute approximate surface area is 134 Å². The summed E-state index contributed by atoms with van der Waals surface area (Å²) in [7, 11) is 0. The fourth-order valence-electron chi connectivity index (χ4n) is 2.63. The molecule has 1 fully saturated rings. The van der Waals surface area contributed by atoms with E-state index in [0.29, 0.717) is 31.4 Å². The van der Waals surface area contributed by atoms with Crippen LogP contribution in [0.5, 0.6) is 0 Å². The Bertz CT molecular complexity index is 644. The van der Waals surface area contributed by atoms with Gasteiger partial charge in [-0.1, -0.05) is 0 Å². The van der Waals surface area contributed by atoms with Crippen molar-refractivity contribution in [3.05, 3.63) is 36.8 Å². The largest absolute Gasteiger partial charge is 0.379 e. The number of rotatable bonds is 5. The first kappa shape index (κ1) is 15.4. The molecule has 0 unspecified atom stereocenters. The molecule has 2 aromatic rings. The molecule has 23 heavy (non-hydrogen) atoms. The Kier molecular flexibility index (Phi) is 4.82. The lowest BCUT2D eigenvalue weighted by Crippen LogP contribution is -2.52. The molecule has 1 aliphatic heterocycles. The molecular weight excluding hydrogens is 296 g/mol. The molecule has 0 bridgehead atoms. The van der Waals surface area contributed by atoms with Crippen molar-refractivity contribution >= 4 is 11.7 Å². The summed E-state index contributed by atoms with van der Waals surface area (Å²) in [4.78, 5) is 24.7. The zero-order valence-electron chi connectivity index (χ0n) is 13.0. The summed E-state index contributed by atoms with van der Waals surface area (Å²) in [6.45, 7) is 3.82. The van der Waals surface area contributed by atoms with Gasteiger partial charge in [-0.25, -0.2) is 15.0 Å². The minimum Gasteiger partial charge on any atom is -0.379 e. The van der Waals surface area contributed by atoms with E-state index in [1.54, 1.807) is 24.7 Å². The molecule has 0 saturated carbocycles. The van der Waals surface area contributed by atoms with Crippen LogP contribution in [-0.2, 0) is 11.3 Å². The highest BCUT2D eigenvalue weighted by atomic mass is 16.5. The average molecular weight is 316 g/mol. The van der Waals surface area contributed by atoms with Crippen molar-refractivity contribution in [2.45, 2.75) is 32.0 Å². The van der Waals surface area contributed by atoms with E-state index in [4.69, 9.17) is 4.74 Å². The second kappa shape index (κ2) is 7.19. The lowest BCUT2D eigenvalue weighted by molar-refractivity contribution is 0.0614. The zero-order chi connectivity index (χ0) is 16.1. The summed E-state index contributed by atoms with van der Waals surface area (Å²) >= 11 is 0. The fraction of sp³-hybridized carbons (Fsp3) is 0.467. The van der Waals surface area contributed by atoms with Gasteiger partial charge in [0.25, 0.3) is 5.91 Å². The third kappa shape index (κ3) is 3.65. The molecule has 2 N–H and O–H groups in total. The fourth-order valence-corrected chi connectivity index (χ4v) is 2.63. The van der Waals surface area contributed by atoms with Crippen molar-refractivity contribution in [2.75, 3.05) is 18.5 Å². The minimum absolute atomic E-state index is 0.0479. The van der Waals surface area contributed by atoms with Gasteiger partial charge in [0.2, 0.25) is 0 Å². The van der Waals surface area contributed by atoms with Crippen LogP contribution in [0.4, 0.5) is 5.82 Å². The van der Waals surface area contributed by atoms with Crippen LogP contribution < -0.4 is 10.6 Å². The SMILES string of the molecule is CCn1ccnc1C(=O)N[C@H]1CCOC[C@H]1Nc1ccncn1. The number of imidazole rings is 1. The molecule has 0 aliphatic carbocycles. The van der Waals surface area contributed by atoms with E-state index < -0.39 is 0 Å². The van der Waals surface area contributed by atoms with Gasteiger partial charge in [0, 0.05) is 31.7 Å². The number of carbonyl (C=O) groups is 1. The predicted molar refractivity (Wildman–Crippen MR) is 84.0 cm³/mol. The van der Waals surface area contributed by atoms with E-state index in [-0.39, 0.29) is 18.0 Å². The molecule has 2 aromatic heterocycles. The van der Waals surface area contributed by atoms with E-state index in [9.17, 15) is 4.79 Å². The van der Waals surface area contributed by atoms with Gasteiger partial charge < -0.3 is 19.9 Å². The lowest BCUT2D eigenvalue weighted by atomic mass is 10.0. The van der Waals surface area contributed by atoms with Crippen molar-refractivity contribution in [1.29, 1.82) is 0 Å². The van der Waals surface area contributed by atoms with E-state index in [1.807, 2.05) is 11.5 Å². The molecule has 1 aliphatic rings. The first-order valence-corrected chi connectivity index (χ1v) is 7.70. The van der Waals surface area contributed by atoms with Gasteiger partial charge >= 0.3 is 0 Å². The van der Waals surface area contributed by atoms with E-state index in [2.05, 4.69) is 25.6 Å². The first-order chi connectivity index (χ1) is 11.3. The summed E-state index contributed by atoms with van der Waals surface area (Å²) in [6, 6.07) is 1.69. The second-order valence-corrected chi connectivity index (χ2v) is 5.33. The lowest BCUT2D eigenvalue weighted by Gasteiger charge is -2.32. The molecule has 0 aromatic carbocycles. The summed E-state index contributed by atoms with van der Waals surface area (Å²) in [5, 5.41) is 6.35. The number of ether oxygens (including phenoxy) is 1. The number of carbonyl (C=O) groups excluding carboxylic acids is 1. The van der Waals surface area contributed by atoms with Gasteiger partial charge in [-0.3, -0.25) is 4.79 Å². The summed E-state index contributed by atoms with van der Waals surface area (Å²) in [5.41, 5.74) is 0. The summed E-state index contributed by atoms with van der Waals surface area (Å²) < 4.78 is 7.34. The molecule has 3 rings (SSSR count). The molecule has 2 atom stereocenters. The van der Waals surface area contributed by atoms with Crippen molar-refractivity contribution in [3.63, 3.8) is 0 Å². The third-order valence-corrected chi connectivity index (χ3v) is 3.85. The Morgan fingerprint density at radius 1 is 1.39 bits per heavy atom. The molecule has 8 heteroatoms. The molecule has 122 valence electrons. The van der Waals surface area contributed by atoms with Crippen LogP contribution in [0.1, 0.15) is 24.0 Å². The van der Waals surface area contributed by atoms with Crippen molar-refractivity contribution in [3.8, 4) is 0 Å². The number of nitrogens with zero attached hydrogens (tertiary/aromatic N) is 4. The van der Waals surface area contributed by atoms with Crippen molar-refractivity contribution < 1.29 is 9.53 Å². The van der Waals surface area contributed by atoms with Crippen LogP contribution >= 0.6 is 0 Å². The maximum absolute atomic E-state index is 12.5. The Hall–Kier alpha value is -2.48. The molecule has 0 spiro atoms. The van der Waals surface area contributed by atoms with Gasteiger partial charge in [0.1, 0.15) is 12.1 Å². The van der Waals surface area contributed by atoms with Gasteiger partial charge in [-0.05, 0) is 19.4 Å². The van der Waals surface area contributed by atoms with Crippen LogP contribution in [0, 0.1) is 0 Å². The third-order valence-electron chi connectivity index (χ3n) is 3.85. The van der Waals surface area contributed by atoms with Gasteiger partial charge in [-0.2, -0.15) is 0 Å². The summed E-state index contributed by atoms with van der Waals surface area (Å²) in [5.74, 6) is 0.975. The molecule has 8 nitrogen and oxygen atoms in total. The van der Waals surface area contributed by atoms with Crippen molar-refractivity contribution in [2.24, 2.45) is 0 Å². The Morgan fingerprint density at radius 2 is 2.30 bits per heavy atom. The second-order valence-electron chi connectivity index (χ2n) is 5.33. The smallest absolute Gasteiger partial charge is 0.287 e. The number of nitrogens with one attached hydrogen (secondary N) is 2. The first-order valence-electron chi connectivity index (χ1n) is 7.70. The topological polar surface area (TPSA) is 94.0 Å². The number of hydrogen-bond acceptors (Lipinski definition) is 6. The molecule has 3 heterocycles. The van der Waals surface area contributed by atoms with Gasteiger partial charge in [-0.15, -0.1) is 0 Å². The van der Waals surface area contributed by atoms with Gasteiger partial charge in [0.05, 0.1) is 18.7 Å². The molecule has 0 radical (unpaired) electrons. The standard InChI is InChI=1S/C15H20N6O2/c1-2-21-7-6-17-14(21)15(22)20-11-4-8-23-9-12(11)19-13-3-5-16-10-18-13/h3,5-7,10-12H,2,4,8-9H2,1H3,(H,20,22)(H,16,18,19)/t11-,12+/m0/s1. The van der Waals surface area contributed by atoms with Crippen LogP contribution in [0.25, 0.3) is 0 Å². The van der Waals surface area contributed by atoms with E-state index >= 15 is 0 Å². The Balaban J connectivity index is 1.68. The molecular formula is C15H20N6O2. The van der Waals surface area contributed by atoms with Crippen molar-refractivity contribution in [1.82, 2.24) is 24.8 Å². The average Bonchev–Trinajstić information content (AvgIpc) is 3.06.